The fraction of sp³-hybridized carbons (Fsp3) is 0.314. The van der Waals surface area contributed by atoms with Crippen molar-refractivity contribution in [3.05, 3.63) is 136 Å². The van der Waals surface area contributed by atoms with Crippen molar-refractivity contribution in [1.82, 2.24) is 30.4 Å². The molecule has 69 heavy (non-hydrogen) atoms. The van der Waals surface area contributed by atoms with Crippen molar-refractivity contribution in [3.8, 4) is 28.7 Å². The van der Waals surface area contributed by atoms with Gasteiger partial charge in [0.2, 0.25) is 17.4 Å². The number of amides is 7. The largest absolute Gasteiger partial charge is 0.494 e. The summed E-state index contributed by atoms with van der Waals surface area (Å²) >= 11 is 0. The van der Waals surface area contributed by atoms with Gasteiger partial charge in [-0.25, -0.2) is 9.78 Å². The number of anilines is 2. The van der Waals surface area contributed by atoms with Gasteiger partial charge in [-0.1, -0.05) is 30.3 Å². The Bertz CT molecular complexity index is 2830. The van der Waals surface area contributed by atoms with Crippen molar-refractivity contribution < 1.29 is 38.2 Å². The lowest BCUT2D eigenvalue weighted by Crippen LogP contribution is -2.54. The van der Waals surface area contributed by atoms with Gasteiger partial charge in [-0.15, -0.1) is 0 Å². The third kappa shape index (κ3) is 11.3. The molecule has 4 N–H and O–H groups in total. The Morgan fingerprint density at radius 3 is 2.32 bits per heavy atom. The molecule has 1 atom stereocenters. The number of nitrogens with zero attached hydrogens (tertiary/aromatic N) is 5. The number of hydrogen-bond acceptors (Lipinski definition) is 12. The van der Waals surface area contributed by atoms with Crippen LogP contribution in [0.1, 0.15) is 83.2 Å². The van der Waals surface area contributed by atoms with E-state index in [9.17, 15) is 33.6 Å². The van der Waals surface area contributed by atoms with Gasteiger partial charge in [0.05, 0.1) is 23.3 Å². The van der Waals surface area contributed by atoms with Crippen LogP contribution in [0.3, 0.4) is 0 Å². The van der Waals surface area contributed by atoms with E-state index < -0.39 is 42.2 Å². The van der Waals surface area contributed by atoms with Crippen LogP contribution in [-0.2, 0) is 28.0 Å². The van der Waals surface area contributed by atoms with Crippen molar-refractivity contribution in [2.45, 2.75) is 76.0 Å². The number of rotatable bonds is 17. The van der Waals surface area contributed by atoms with E-state index in [-0.39, 0.29) is 53.4 Å². The van der Waals surface area contributed by atoms with Crippen LogP contribution in [0.15, 0.2) is 108 Å². The van der Waals surface area contributed by atoms with Crippen molar-refractivity contribution in [3.63, 3.8) is 0 Å². The van der Waals surface area contributed by atoms with Crippen molar-refractivity contribution >= 4 is 47.1 Å². The SMILES string of the molecule is Cn1cc(-c2ccc(N(C(=O)NCc3ccc(OCCCCNC(=O)COc4cccc5c4C(=O)N(C4CCC(=O)NC4=O)C5=O)cc3)[C@H]3CC[C@H](Nc4ccc(C#N)cn4)CC3)cc2)ccc1=O. The molecule has 2 fully saturated rings. The number of benzene rings is 3. The Kier molecular flexibility index (Phi) is 14.7. The summed E-state index contributed by atoms with van der Waals surface area (Å²) in [5.41, 5.74) is 3.89. The fourth-order valence-corrected chi connectivity index (χ4v) is 8.72. The minimum atomic E-state index is -1.11. The van der Waals surface area contributed by atoms with Gasteiger partial charge in [0.1, 0.15) is 29.4 Å². The second kappa shape index (κ2) is 21.5. The summed E-state index contributed by atoms with van der Waals surface area (Å²) < 4.78 is 13.1. The van der Waals surface area contributed by atoms with E-state index in [0.29, 0.717) is 49.7 Å². The van der Waals surface area contributed by atoms with E-state index in [1.807, 2.05) is 53.4 Å². The minimum Gasteiger partial charge on any atom is -0.494 e. The van der Waals surface area contributed by atoms with Gasteiger partial charge in [0.15, 0.2) is 6.61 Å². The number of pyridine rings is 2. The molecule has 1 saturated heterocycles. The van der Waals surface area contributed by atoms with Gasteiger partial charge < -0.3 is 30.0 Å². The quantitative estimate of drug-likeness (QED) is 0.0695. The predicted molar refractivity (Wildman–Crippen MR) is 253 cm³/mol. The Labute approximate surface area is 397 Å². The number of nitriles is 1. The maximum Gasteiger partial charge on any atom is 0.322 e. The molecule has 3 aliphatic rings. The summed E-state index contributed by atoms with van der Waals surface area (Å²) in [7, 11) is 1.71. The number of urea groups is 1. The van der Waals surface area contributed by atoms with Crippen LogP contribution in [0.4, 0.5) is 16.3 Å². The second-order valence-corrected chi connectivity index (χ2v) is 17.1. The van der Waals surface area contributed by atoms with Crippen LogP contribution in [0, 0.1) is 11.3 Å². The number of aromatic nitrogens is 2. The first-order chi connectivity index (χ1) is 33.4. The van der Waals surface area contributed by atoms with Crippen LogP contribution >= 0.6 is 0 Å². The number of nitrogens with one attached hydrogen (secondary N) is 4. The highest BCUT2D eigenvalue weighted by Crippen LogP contribution is 2.34. The molecule has 0 radical (unpaired) electrons. The zero-order valence-electron chi connectivity index (χ0n) is 37.9. The Hall–Kier alpha value is -8.33. The molecule has 18 heteroatoms. The molecule has 0 bridgehead atoms. The minimum absolute atomic E-state index is 0.00146. The molecule has 354 valence electrons. The van der Waals surface area contributed by atoms with Crippen molar-refractivity contribution in [2.75, 3.05) is 30.0 Å². The number of imide groups is 2. The lowest BCUT2D eigenvalue weighted by atomic mass is 9.89. The molecular weight excluding hydrogens is 883 g/mol. The van der Waals surface area contributed by atoms with Gasteiger partial charge in [0.25, 0.3) is 17.7 Å². The number of unbranched alkanes of at least 4 members (excludes halogenated alkanes) is 1. The molecule has 3 aromatic carbocycles. The Morgan fingerprint density at radius 2 is 1.61 bits per heavy atom. The molecule has 2 aliphatic heterocycles. The van der Waals surface area contributed by atoms with E-state index in [1.165, 1.54) is 28.8 Å². The lowest BCUT2D eigenvalue weighted by molar-refractivity contribution is -0.136. The van der Waals surface area contributed by atoms with E-state index in [1.54, 1.807) is 37.6 Å². The number of carbonyl (C=O) groups is 6. The summed E-state index contributed by atoms with van der Waals surface area (Å²) in [5, 5.41) is 20.7. The highest BCUT2D eigenvalue weighted by atomic mass is 16.5. The maximum atomic E-state index is 14.1. The summed E-state index contributed by atoms with van der Waals surface area (Å²) in [6.45, 7) is 0.639. The second-order valence-electron chi connectivity index (χ2n) is 17.1. The van der Waals surface area contributed by atoms with Crippen molar-refractivity contribution in [2.24, 2.45) is 7.05 Å². The van der Waals surface area contributed by atoms with Crippen LogP contribution in [0.25, 0.3) is 11.1 Å². The first-order valence-electron chi connectivity index (χ1n) is 22.9. The fourth-order valence-electron chi connectivity index (χ4n) is 8.72. The van der Waals surface area contributed by atoms with Gasteiger partial charge in [-0.2, -0.15) is 5.26 Å². The molecule has 4 heterocycles. The number of aryl methyl sites for hydroxylation is 1. The summed E-state index contributed by atoms with van der Waals surface area (Å²) in [5.74, 6) is -1.57. The molecule has 7 amide bonds. The number of ether oxygens (including phenoxy) is 2. The molecule has 2 aromatic heterocycles. The van der Waals surface area contributed by atoms with Gasteiger partial charge >= 0.3 is 6.03 Å². The number of piperidine rings is 1. The number of fused-ring (bicyclic) bond motifs is 1. The zero-order valence-corrected chi connectivity index (χ0v) is 37.9. The molecule has 8 rings (SSSR count). The van der Waals surface area contributed by atoms with Gasteiger partial charge in [-0.3, -0.25) is 43.9 Å². The number of hydrogen-bond donors (Lipinski definition) is 4. The third-order valence-electron chi connectivity index (χ3n) is 12.4. The average Bonchev–Trinajstić information content (AvgIpc) is 3.62. The molecule has 18 nitrogen and oxygen atoms in total. The summed E-state index contributed by atoms with van der Waals surface area (Å²) in [6.07, 6.45) is 7.78. The predicted octanol–water partition coefficient (Wildman–Crippen LogP) is 5.21. The van der Waals surface area contributed by atoms with Crippen LogP contribution in [-0.4, -0.2) is 87.9 Å². The average molecular weight is 934 g/mol. The van der Waals surface area contributed by atoms with E-state index in [2.05, 4.69) is 32.3 Å². The molecule has 5 aromatic rings. The molecule has 1 aliphatic carbocycles. The lowest BCUT2D eigenvalue weighted by Gasteiger charge is -2.37. The molecule has 1 saturated carbocycles. The van der Waals surface area contributed by atoms with Crippen molar-refractivity contribution in [1.29, 1.82) is 5.26 Å². The molecular formula is C51H51N9O9. The smallest absolute Gasteiger partial charge is 0.322 e. The maximum absolute atomic E-state index is 14.1. The van der Waals surface area contributed by atoms with Crippen LogP contribution in [0.2, 0.25) is 0 Å². The van der Waals surface area contributed by atoms with E-state index in [4.69, 9.17) is 14.7 Å². The Balaban J connectivity index is 0.784. The zero-order chi connectivity index (χ0) is 48.4. The summed E-state index contributed by atoms with van der Waals surface area (Å²) in [4.78, 5) is 96.1. The highest BCUT2D eigenvalue weighted by molar-refractivity contribution is 6.24. The monoisotopic (exact) mass is 933 g/mol. The van der Waals surface area contributed by atoms with Gasteiger partial charge in [0, 0.05) is 62.8 Å². The first-order valence-corrected chi connectivity index (χ1v) is 22.9. The Morgan fingerprint density at radius 1 is 0.841 bits per heavy atom. The topological polar surface area (TPSA) is 234 Å². The molecule has 0 spiro atoms. The van der Waals surface area contributed by atoms with Crippen LogP contribution < -0.4 is 41.2 Å². The number of carbonyl (C=O) groups excluding carboxylic acids is 6. The highest BCUT2D eigenvalue weighted by Gasteiger charge is 2.46. The third-order valence-corrected chi connectivity index (χ3v) is 12.4. The van der Waals surface area contributed by atoms with Gasteiger partial charge in [-0.05, 0) is 116 Å². The van der Waals surface area contributed by atoms with Crippen LogP contribution in [0.5, 0.6) is 11.5 Å². The standard InChI is InChI=1S/C51H51N9O9/c1-58-30-35(12-24-46(58)63)34-10-15-37(16-11-34)59(38-17-13-36(14-18-38)56-43-22-9-33(27-52)29-54-43)51(67)55-28-32-7-19-39(20-8-32)68-26-3-2-25-53-45(62)31-69-42-6-4-5-40-47(42)50(66)60(49(40)65)41-21-23-44(61)57-48(41)64/h4-12,15-16,19-20,22,24,29-30,36,38,41H,2-3,13-14,17-18,21,23,25-26,28,31H2,1H3,(H,53,62)(H,54,56)(H,55,67)(H,57,61,64)/t36-,38-,41?. The van der Waals surface area contributed by atoms with E-state index in [0.717, 1.165) is 53.0 Å². The first kappa shape index (κ1) is 47.2. The summed E-state index contributed by atoms with van der Waals surface area (Å²) in [6, 6.07) is 27.5. The molecule has 1 unspecified atom stereocenters. The normalized spacial score (nSPS) is 17.6. The van der Waals surface area contributed by atoms with E-state index >= 15 is 0 Å².